The van der Waals surface area contributed by atoms with E-state index in [9.17, 15) is 16.8 Å². The van der Waals surface area contributed by atoms with Crippen LogP contribution >= 0.6 is 0 Å². The Morgan fingerprint density at radius 2 is 1.00 bits per heavy atom. The normalized spacial score (nSPS) is 32.3. The maximum atomic E-state index is 13.7. The standard InChI is InChI=1S/C22H20O6S2/c1-14-27-19-17-12-13-18(20(19)28-14)22(30(25,26)16-10-6-3-7-11-16)21(17)29(23,24)15-8-4-2-5-9-15/h2-13,17-22H,1H2. The van der Waals surface area contributed by atoms with E-state index < -0.39 is 54.2 Å². The molecule has 0 N–H and O–H groups in total. The lowest BCUT2D eigenvalue weighted by Gasteiger charge is -2.47. The van der Waals surface area contributed by atoms with E-state index in [1.54, 1.807) is 48.6 Å². The fourth-order valence-electron chi connectivity index (χ4n) is 4.87. The SMILES string of the molecule is C=C1OC2C3C=CC(C2O1)C(S(=O)(=O)c1ccccc1)C3S(=O)(=O)c1ccccc1. The van der Waals surface area contributed by atoms with Crippen LogP contribution in [0.4, 0.5) is 0 Å². The molecule has 6 nitrogen and oxygen atoms in total. The lowest BCUT2D eigenvalue weighted by Crippen LogP contribution is -2.63. The van der Waals surface area contributed by atoms with Crippen molar-refractivity contribution in [3.05, 3.63) is 85.3 Å². The number of fused-ring (bicyclic) bond motifs is 1. The van der Waals surface area contributed by atoms with Crippen LogP contribution in [0.2, 0.25) is 0 Å². The molecule has 0 amide bonds. The van der Waals surface area contributed by atoms with Gasteiger partial charge in [0.2, 0.25) is 0 Å². The molecule has 2 aromatic rings. The van der Waals surface area contributed by atoms with E-state index >= 15 is 0 Å². The summed E-state index contributed by atoms with van der Waals surface area (Å²) in [5.41, 5.74) is 0. The van der Waals surface area contributed by atoms with E-state index in [4.69, 9.17) is 9.47 Å². The Morgan fingerprint density at radius 3 is 1.37 bits per heavy atom. The van der Waals surface area contributed by atoms with Gasteiger partial charge in [-0.1, -0.05) is 48.6 Å². The van der Waals surface area contributed by atoms with Crippen molar-refractivity contribution >= 4 is 19.7 Å². The summed E-state index contributed by atoms with van der Waals surface area (Å²) in [4.78, 5) is 0.192. The zero-order valence-corrected chi connectivity index (χ0v) is 17.5. The largest absolute Gasteiger partial charge is 0.458 e. The summed E-state index contributed by atoms with van der Waals surface area (Å²) in [6, 6.07) is 15.9. The molecular weight excluding hydrogens is 424 g/mol. The van der Waals surface area contributed by atoms with Gasteiger partial charge in [0.25, 0.3) is 5.95 Å². The maximum absolute atomic E-state index is 13.7. The average molecular weight is 445 g/mol. The summed E-state index contributed by atoms with van der Waals surface area (Å²) in [6.07, 6.45) is 2.35. The third-order valence-electron chi connectivity index (χ3n) is 6.12. The summed E-state index contributed by atoms with van der Waals surface area (Å²) >= 11 is 0. The predicted octanol–water partition coefficient (Wildman–Crippen LogP) is 2.74. The molecule has 156 valence electrons. The minimum atomic E-state index is -3.98. The van der Waals surface area contributed by atoms with Crippen molar-refractivity contribution in [1.82, 2.24) is 0 Å². The Morgan fingerprint density at radius 1 is 0.633 bits per heavy atom. The van der Waals surface area contributed by atoms with Crippen LogP contribution in [0.5, 0.6) is 0 Å². The van der Waals surface area contributed by atoms with Crippen LogP contribution < -0.4 is 0 Å². The molecule has 2 fully saturated rings. The van der Waals surface area contributed by atoms with Gasteiger partial charge in [-0.05, 0) is 30.8 Å². The van der Waals surface area contributed by atoms with Crippen molar-refractivity contribution in [2.24, 2.45) is 11.8 Å². The van der Waals surface area contributed by atoms with E-state index in [2.05, 4.69) is 6.58 Å². The van der Waals surface area contributed by atoms with Gasteiger partial charge in [0.05, 0.1) is 20.3 Å². The van der Waals surface area contributed by atoms with Crippen molar-refractivity contribution in [2.45, 2.75) is 32.5 Å². The molecule has 0 spiro atoms. The fourth-order valence-corrected chi connectivity index (χ4v) is 9.84. The van der Waals surface area contributed by atoms with Crippen LogP contribution in [0.1, 0.15) is 0 Å². The molecular formula is C22H20O6S2. The molecule has 1 saturated heterocycles. The van der Waals surface area contributed by atoms with Crippen LogP contribution in [0, 0.1) is 11.8 Å². The van der Waals surface area contributed by atoms with Gasteiger partial charge in [-0.25, -0.2) is 16.8 Å². The van der Waals surface area contributed by atoms with Crippen LogP contribution in [-0.2, 0) is 29.1 Å². The first kappa shape index (κ1) is 19.4. The number of rotatable bonds is 4. The molecule has 0 aromatic heterocycles. The van der Waals surface area contributed by atoms with Crippen LogP contribution in [-0.4, -0.2) is 39.5 Å². The minimum absolute atomic E-state index is 0.0947. The molecule has 1 saturated carbocycles. The minimum Gasteiger partial charge on any atom is -0.458 e. The van der Waals surface area contributed by atoms with Crippen molar-refractivity contribution in [3.63, 3.8) is 0 Å². The van der Waals surface area contributed by atoms with Crippen molar-refractivity contribution in [3.8, 4) is 0 Å². The third kappa shape index (κ3) is 2.74. The van der Waals surface area contributed by atoms with Gasteiger partial charge in [-0.2, -0.15) is 0 Å². The Bertz CT molecular complexity index is 1120. The van der Waals surface area contributed by atoms with E-state index in [1.807, 2.05) is 0 Å². The van der Waals surface area contributed by atoms with Gasteiger partial charge in [-0.3, -0.25) is 0 Å². The van der Waals surface area contributed by atoms with Gasteiger partial charge in [0.15, 0.2) is 19.7 Å². The lowest BCUT2D eigenvalue weighted by molar-refractivity contribution is 0.0424. The molecule has 1 aliphatic heterocycles. The zero-order chi connectivity index (χ0) is 21.1. The molecule has 6 unspecified atom stereocenters. The number of sulfone groups is 2. The van der Waals surface area contributed by atoms with Crippen molar-refractivity contribution in [1.29, 1.82) is 0 Å². The van der Waals surface area contributed by atoms with Gasteiger partial charge in [0.1, 0.15) is 12.2 Å². The molecule has 30 heavy (non-hydrogen) atoms. The van der Waals surface area contributed by atoms with E-state index in [-0.39, 0.29) is 15.7 Å². The van der Waals surface area contributed by atoms with Crippen LogP contribution in [0.3, 0.4) is 0 Å². The van der Waals surface area contributed by atoms with E-state index in [1.165, 1.54) is 24.3 Å². The second-order valence-electron chi connectivity index (χ2n) is 7.72. The Hall–Kier alpha value is -2.58. The first-order valence-corrected chi connectivity index (χ1v) is 12.7. The summed E-state index contributed by atoms with van der Waals surface area (Å²) < 4.78 is 66.3. The fraction of sp³-hybridized carbons (Fsp3) is 0.273. The summed E-state index contributed by atoms with van der Waals surface area (Å²) in [7, 11) is -7.97. The topological polar surface area (TPSA) is 86.7 Å². The molecule has 2 bridgehead atoms. The molecule has 1 heterocycles. The maximum Gasteiger partial charge on any atom is 0.272 e. The highest BCUT2D eigenvalue weighted by atomic mass is 32.2. The highest BCUT2D eigenvalue weighted by Gasteiger charge is 2.64. The van der Waals surface area contributed by atoms with Gasteiger partial charge < -0.3 is 9.47 Å². The number of ether oxygens (including phenoxy) is 2. The highest BCUT2D eigenvalue weighted by Crippen LogP contribution is 2.51. The predicted molar refractivity (Wildman–Crippen MR) is 110 cm³/mol. The van der Waals surface area contributed by atoms with Crippen molar-refractivity contribution in [2.75, 3.05) is 0 Å². The quantitative estimate of drug-likeness (QED) is 0.674. The molecule has 2 aromatic carbocycles. The summed E-state index contributed by atoms with van der Waals surface area (Å²) in [5.74, 6) is -1.25. The Balaban J connectivity index is 1.71. The molecule has 6 atom stereocenters. The lowest BCUT2D eigenvalue weighted by atomic mass is 9.71. The number of benzene rings is 2. The highest BCUT2D eigenvalue weighted by molar-refractivity contribution is 7.96. The molecule has 6 rings (SSSR count). The molecule has 0 radical (unpaired) electrons. The number of hydrogen-bond donors (Lipinski definition) is 0. The third-order valence-corrected chi connectivity index (χ3v) is 10.8. The molecule has 4 aliphatic rings. The second kappa shape index (κ2) is 6.72. The number of hydrogen-bond acceptors (Lipinski definition) is 6. The summed E-state index contributed by atoms with van der Waals surface area (Å²) in [6.45, 7) is 3.69. The van der Waals surface area contributed by atoms with Gasteiger partial charge in [-0.15, -0.1) is 0 Å². The van der Waals surface area contributed by atoms with Gasteiger partial charge >= 0.3 is 0 Å². The first-order chi connectivity index (χ1) is 14.3. The molecule has 3 aliphatic carbocycles. The zero-order valence-electron chi connectivity index (χ0n) is 15.9. The molecule has 8 heteroatoms. The average Bonchev–Trinajstić information content (AvgIpc) is 3.17. The van der Waals surface area contributed by atoms with E-state index in [0.717, 1.165) is 0 Å². The van der Waals surface area contributed by atoms with Gasteiger partial charge in [0, 0.05) is 11.8 Å². The smallest absolute Gasteiger partial charge is 0.272 e. The second-order valence-corrected chi connectivity index (χ2v) is 11.9. The van der Waals surface area contributed by atoms with Crippen LogP contribution in [0.25, 0.3) is 0 Å². The van der Waals surface area contributed by atoms with E-state index in [0.29, 0.717) is 0 Å². The monoisotopic (exact) mass is 444 g/mol. The first-order valence-electron chi connectivity index (χ1n) is 9.60. The summed E-state index contributed by atoms with van der Waals surface area (Å²) in [5, 5.41) is -2.40. The van der Waals surface area contributed by atoms with Crippen molar-refractivity contribution < 1.29 is 26.3 Å². The Labute approximate surface area is 175 Å². The Kier molecular flexibility index (Phi) is 4.34. The van der Waals surface area contributed by atoms with Crippen LogP contribution in [0.15, 0.2) is 95.1 Å².